The van der Waals surface area contributed by atoms with Gasteiger partial charge in [-0.2, -0.15) is 0 Å². The number of benzene rings is 1. The van der Waals surface area contributed by atoms with Crippen LogP contribution in [-0.4, -0.2) is 42.1 Å². The molecule has 6 nitrogen and oxygen atoms in total. The van der Waals surface area contributed by atoms with E-state index in [1.54, 1.807) is 7.05 Å². The lowest BCUT2D eigenvalue weighted by molar-refractivity contribution is 0.0646. The number of aromatic nitrogens is 2. The SMILES string of the molecule is CN=C(NCCCOC(C)c1ccccc1)NCCc1cn2ccccc2n1.I. The van der Waals surface area contributed by atoms with Gasteiger partial charge in [-0.15, -0.1) is 24.0 Å². The molecule has 0 amide bonds. The van der Waals surface area contributed by atoms with E-state index in [2.05, 4.69) is 45.9 Å². The van der Waals surface area contributed by atoms with E-state index in [0.29, 0.717) is 6.61 Å². The Bertz CT molecular complexity index is 848. The number of guanidine groups is 1. The average Bonchev–Trinajstić information content (AvgIpc) is 3.15. The van der Waals surface area contributed by atoms with Gasteiger partial charge >= 0.3 is 0 Å². The van der Waals surface area contributed by atoms with Gasteiger partial charge in [0, 0.05) is 45.6 Å². The minimum absolute atomic E-state index is 0. The largest absolute Gasteiger partial charge is 0.374 e. The summed E-state index contributed by atoms with van der Waals surface area (Å²) in [6.07, 6.45) is 5.97. The summed E-state index contributed by atoms with van der Waals surface area (Å²) in [5.74, 6) is 0.805. The van der Waals surface area contributed by atoms with Gasteiger partial charge < -0.3 is 19.8 Å². The Morgan fingerprint density at radius 1 is 1.10 bits per heavy atom. The van der Waals surface area contributed by atoms with Crippen LogP contribution in [0.15, 0.2) is 65.9 Å². The molecule has 2 aromatic heterocycles. The number of hydrogen-bond donors (Lipinski definition) is 2. The van der Waals surface area contributed by atoms with Crippen LogP contribution in [0.25, 0.3) is 5.65 Å². The third-order valence-electron chi connectivity index (χ3n) is 4.56. The fraction of sp³-hybridized carbons (Fsp3) is 0.364. The number of aliphatic imine (C=N–C) groups is 1. The minimum Gasteiger partial charge on any atom is -0.374 e. The number of halogens is 1. The maximum atomic E-state index is 5.90. The summed E-state index contributed by atoms with van der Waals surface area (Å²) < 4.78 is 7.94. The Morgan fingerprint density at radius 3 is 2.62 bits per heavy atom. The van der Waals surface area contributed by atoms with Crippen molar-refractivity contribution in [2.24, 2.45) is 4.99 Å². The molecule has 156 valence electrons. The highest BCUT2D eigenvalue weighted by Crippen LogP contribution is 2.15. The van der Waals surface area contributed by atoms with Crippen LogP contribution in [-0.2, 0) is 11.2 Å². The summed E-state index contributed by atoms with van der Waals surface area (Å²) in [4.78, 5) is 8.88. The van der Waals surface area contributed by atoms with Crippen LogP contribution in [0.3, 0.4) is 0 Å². The third kappa shape index (κ3) is 7.32. The van der Waals surface area contributed by atoms with Crippen LogP contribution in [0, 0.1) is 0 Å². The van der Waals surface area contributed by atoms with E-state index < -0.39 is 0 Å². The highest BCUT2D eigenvalue weighted by molar-refractivity contribution is 14.0. The lowest BCUT2D eigenvalue weighted by atomic mass is 10.1. The fourth-order valence-electron chi connectivity index (χ4n) is 3.00. The first kappa shape index (κ1) is 23.2. The molecule has 1 aromatic carbocycles. The molecular formula is C22H30IN5O. The summed E-state index contributed by atoms with van der Waals surface area (Å²) in [6.45, 7) is 4.39. The van der Waals surface area contributed by atoms with Crippen LogP contribution in [0.1, 0.15) is 30.7 Å². The van der Waals surface area contributed by atoms with Gasteiger partial charge in [0.25, 0.3) is 0 Å². The quantitative estimate of drug-likeness (QED) is 0.200. The van der Waals surface area contributed by atoms with E-state index in [-0.39, 0.29) is 30.1 Å². The summed E-state index contributed by atoms with van der Waals surface area (Å²) in [6, 6.07) is 16.3. The predicted molar refractivity (Wildman–Crippen MR) is 129 cm³/mol. The van der Waals surface area contributed by atoms with E-state index in [1.807, 2.05) is 47.0 Å². The Labute approximate surface area is 189 Å². The number of fused-ring (bicyclic) bond motifs is 1. The Morgan fingerprint density at radius 2 is 1.86 bits per heavy atom. The molecule has 7 heteroatoms. The monoisotopic (exact) mass is 507 g/mol. The molecule has 29 heavy (non-hydrogen) atoms. The number of imidazole rings is 1. The molecule has 1 atom stereocenters. The van der Waals surface area contributed by atoms with E-state index in [9.17, 15) is 0 Å². The van der Waals surface area contributed by atoms with Crippen molar-refractivity contribution in [3.63, 3.8) is 0 Å². The first-order valence-corrected chi connectivity index (χ1v) is 9.80. The van der Waals surface area contributed by atoms with Gasteiger partial charge in [0.1, 0.15) is 5.65 Å². The normalized spacial score (nSPS) is 12.4. The molecule has 2 heterocycles. The topological polar surface area (TPSA) is 63.0 Å². The van der Waals surface area contributed by atoms with Gasteiger partial charge in [0.05, 0.1) is 11.8 Å². The maximum Gasteiger partial charge on any atom is 0.190 e. The molecule has 3 rings (SSSR count). The van der Waals surface area contributed by atoms with Crippen molar-refractivity contribution in [1.29, 1.82) is 0 Å². The number of rotatable bonds is 9. The van der Waals surface area contributed by atoms with Gasteiger partial charge in [0.2, 0.25) is 0 Å². The zero-order valence-electron chi connectivity index (χ0n) is 17.0. The van der Waals surface area contributed by atoms with Gasteiger partial charge in [-0.05, 0) is 31.0 Å². The highest BCUT2D eigenvalue weighted by Gasteiger charge is 2.05. The Kier molecular flexibility index (Phi) is 9.93. The number of nitrogens with one attached hydrogen (secondary N) is 2. The zero-order valence-corrected chi connectivity index (χ0v) is 19.4. The van der Waals surface area contributed by atoms with Gasteiger partial charge in [0.15, 0.2) is 5.96 Å². The molecular weight excluding hydrogens is 477 g/mol. The van der Waals surface area contributed by atoms with Crippen molar-refractivity contribution >= 4 is 35.6 Å². The van der Waals surface area contributed by atoms with Crippen molar-refractivity contribution in [3.8, 4) is 0 Å². The molecule has 0 saturated carbocycles. The average molecular weight is 507 g/mol. The molecule has 0 aliphatic rings. The molecule has 0 aliphatic carbocycles. The van der Waals surface area contributed by atoms with Crippen LogP contribution < -0.4 is 10.6 Å². The number of nitrogens with zero attached hydrogens (tertiary/aromatic N) is 3. The number of pyridine rings is 1. The first-order valence-electron chi connectivity index (χ1n) is 9.80. The van der Waals surface area contributed by atoms with Gasteiger partial charge in [-0.3, -0.25) is 4.99 Å². The molecule has 0 fully saturated rings. The standard InChI is InChI=1S/C22H29N5O.HI/c1-18(19-9-4-3-5-10-19)28-16-8-13-24-22(23-2)25-14-12-20-17-27-15-7-6-11-21(27)26-20;/h3-7,9-11,15,17-18H,8,12-14,16H2,1-2H3,(H2,23,24,25);1H. The van der Waals surface area contributed by atoms with E-state index in [1.165, 1.54) is 5.56 Å². The van der Waals surface area contributed by atoms with Crippen molar-refractivity contribution in [1.82, 2.24) is 20.0 Å². The molecule has 0 spiro atoms. The van der Waals surface area contributed by atoms with E-state index in [0.717, 1.165) is 43.2 Å². The molecule has 3 aromatic rings. The number of hydrogen-bond acceptors (Lipinski definition) is 3. The van der Waals surface area contributed by atoms with Crippen molar-refractivity contribution < 1.29 is 4.74 Å². The van der Waals surface area contributed by atoms with E-state index in [4.69, 9.17) is 4.74 Å². The van der Waals surface area contributed by atoms with Crippen LogP contribution in [0.4, 0.5) is 0 Å². The summed E-state index contributed by atoms with van der Waals surface area (Å²) >= 11 is 0. The Balaban J connectivity index is 0.00000300. The molecule has 0 radical (unpaired) electrons. The minimum atomic E-state index is 0. The maximum absolute atomic E-state index is 5.90. The van der Waals surface area contributed by atoms with Crippen LogP contribution in [0.2, 0.25) is 0 Å². The van der Waals surface area contributed by atoms with Crippen molar-refractivity contribution in [2.45, 2.75) is 25.9 Å². The Hall–Kier alpha value is -2.13. The molecule has 0 bridgehead atoms. The zero-order chi connectivity index (χ0) is 19.6. The second-order valence-corrected chi connectivity index (χ2v) is 6.65. The van der Waals surface area contributed by atoms with Crippen molar-refractivity contribution in [2.75, 3.05) is 26.7 Å². The van der Waals surface area contributed by atoms with Crippen molar-refractivity contribution in [3.05, 3.63) is 72.2 Å². The molecule has 1 unspecified atom stereocenters. The fourth-order valence-corrected chi connectivity index (χ4v) is 3.00. The molecule has 0 saturated heterocycles. The molecule has 0 aliphatic heterocycles. The van der Waals surface area contributed by atoms with Crippen LogP contribution >= 0.6 is 24.0 Å². The third-order valence-corrected chi connectivity index (χ3v) is 4.56. The lowest BCUT2D eigenvalue weighted by Gasteiger charge is -2.14. The summed E-state index contributed by atoms with van der Waals surface area (Å²) in [7, 11) is 1.79. The lowest BCUT2D eigenvalue weighted by Crippen LogP contribution is -2.39. The van der Waals surface area contributed by atoms with Gasteiger partial charge in [-0.1, -0.05) is 36.4 Å². The summed E-state index contributed by atoms with van der Waals surface area (Å²) in [5.41, 5.74) is 3.25. The summed E-state index contributed by atoms with van der Waals surface area (Å²) in [5, 5.41) is 6.67. The smallest absolute Gasteiger partial charge is 0.190 e. The molecule has 2 N–H and O–H groups in total. The second kappa shape index (κ2) is 12.4. The number of ether oxygens (including phenoxy) is 1. The first-order chi connectivity index (χ1) is 13.8. The van der Waals surface area contributed by atoms with Gasteiger partial charge in [-0.25, -0.2) is 4.98 Å². The second-order valence-electron chi connectivity index (χ2n) is 6.65. The highest BCUT2D eigenvalue weighted by atomic mass is 127. The van der Waals surface area contributed by atoms with E-state index >= 15 is 0 Å². The predicted octanol–water partition coefficient (Wildman–Crippen LogP) is 3.83. The van der Waals surface area contributed by atoms with Crippen LogP contribution in [0.5, 0.6) is 0 Å².